The van der Waals surface area contributed by atoms with Crippen LogP contribution in [0.3, 0.4) is 0 Å². The van der Waals surface area contributed by atoms with Crippen LogP contribution in [0.2, 0.25) is 5.02 Å². The Labute approximate surface area is 137 Å². The van der Waals surface area contributed by atoms with Crippen LogP contribution in [0.1, 0.15) is 21.8 Å². The summed E-state index contributed by atoms with van der Waals surface area (Å²) in [7, 11) is -2.64. The predicted molar refractivity (Wildman–Crippen MR) is 81.8 cm³/mol. The zero-order valence-corrected chi connectivity index (χ0v) is 14.1. The molecule has 124 valence electrons. The highest BCUT2D eigenvalue weighted by atomic mass is 35.5. The van der Waals surface area contributed by atoms with E-state index in [9.17, 15) is 13.2 Å². The van der Waals surface area contributed by atoms with Crippen molar-refractivity contribution in [3.8, 4) is 5.75 Å². The molecule has 0 aliphatic heterocycles. The van der Waals surface area contributed by atoms with Gasteiger partial charge in [0.25, 0.3) is 15.9 Å². The topological polar surface area (TPSA) is 111 Å². The molecule has 0 aliphatic carbocycles. The molecule has 10 heteroatoms. The Balaban J connectivity index is 2.21. The molecule has 0 aliphatic rings. The van der Waals surface area contributed by atoms with Crippen molar-refractivity contribution < 1.29 is 22.5 Å². The van der Waals surface area contributed by atoms with E-state index < -0.39 is 15.9 Å². The van der Waals surface area contributed by atoms with Crippen molar-refractivity contribution in [2.24, 2.45) is 0 Å². The van der Waals surface area contributed by atoms with Crippen LogP contribution in [0.5, 0.6) is 5.75 Å². The van der Waals surface area contributed by atoms with Crippen LogP contribution >= 0.6 is 11.6 Å². The molecule has 23 heavy (non-hydrogen) atoms. The molecule has 0 unspecified atom stereocenters. The number of ether oxygens (including phenoxy) is 1. The minimum atomic E-state index is -4.02. The van der Waals surface area contributed by atoms with Gasteiger partial charge in [-0.25, -0.2) is 8.42 Å². The Morgan fingerprint density at radius 1 is 1.35 bits per heavy atom. The molecule has 0 bridgehead atoms. The number of hydrazine groups is 1. The highest BCUT2D eigenvalue weighted by molar-refractivity contribution is 7.89. The first-order chi connectivity index (χ1) is 10.8. The van der Waals surface area contributed by atoms with Crippen molar-refractivity contribution in [3.63, 3.8) is 0 Å². The van der Waals surface area contributed by atoms with Gasteiger partial charge in [0.05, 0.1) is 12.7 Å². The van der Waals surface area contributed by atoms with Gasteiger partial charge in [-0.05, 0) is 32.0 Å². The van der Waals surface area contributed by atoms with Crippen molar-refractivity contribution >= 4 is 27.5 Å². The van der Waals surface area contributed by atoms with E-state index in [0.717, 1.165) is 0 Å². The molecular formula is C13H14ClN3O5S. The highest BCUT2D eigenvalue weighted by Gasteiger charge is 2.25. The zero-order valence-electron chi connectivity index (χ0n) is 12.5. The first kappa shape index (κ1) is 17.3. The average molecular weight is 360 g/mol. The summed E-state index contributed by atoms with van der Waals surface area (Å²) in [5.74, 6) is -0.354. The molecule has 2 aromatic rings. The fourth-order valence-corrected chi connectivity index (χ4v) is 3.29. The van der Waals surface area contributed by atoms with Gasteiger partial charge in [0, 0.05) is 5.02 Å². The Kier molecular flexibility index (Phi) is 4.93. The molecule has 0 saturated heterocycles. The lowest BCUT2D eigenvalue weighted by molar-refractivity contribution is 0.0942. The fourth-order valence-electron chi connectivity index (χ4n) is 1.95. The minimum Gasteiger partial charge on any atom is -0.496 e. The smallest absolute Gasteiger partial charge is 0.270 e. The summed E-state index contributed by atoms with van der Waals surface area (Å²) >= 11 is 5.84. The lowest BCUT2D eigenvalue weighted by atomic mass is 10.2. The lowest BCUT2D eigenvalue weighted by Crippen LogP contribution is -2.42. The van der Waals surface area contributed by atoms with Crippen molar-refractivity contribution in [1.82, 2.24) is 15.4 Å². The summed E-state index contributed by atoms with van der Waals surface area (Å²) in [5.41, 5.74) is 2.37. The number of aromatic nitrogens is 1. The normalized spacial score (nSPS) is 11.3. The number of hydrogen-bond donors (Lipinski definition) is 2. The number of amides is 1. The third-order valence-corrected chi connectivity index (χ3v) is 4.67. The maximum Gasteiger partial charge on any atom is 0.270 e. The van der Waals surface area contributed by atoms with Gasteiger partial charge < -0.3 is 9.26 Å². The van der Waals surface area contributed by atoms with Crippen molar-refractivity contribution in [2.75, 3.05) is 7.11 Å². The van der Waals surface area contributed by atoms with E-state index in [-0.39, 0.29) is 27.7 Å². The van der Waals surface area contributed by atoms with Crippen LogP contribution in [-0.2, 0) is 10.0 Å². The highest BCUT2D eigenvalue weighted by Crippen LogP contribution is 2.22. The van der Waals surface area contributed by atoms with E-state index in [1.165, 1.54) is 33.1 Å². The molecule has 0 fully saturated rings. The minimum absolute atomic E-state index is 0.0847. The van der Waals surface area contributed by atoms with Crippen molar-refractivity contribution in [2.45, 2.75) is 18.7 Å². The summed E-state index contributed by atoms with van der Waals surface area (Å²) in [6, 6.07) is 4.41. The molecule has 2 N–H and O–H groups in total. The van der Waals surface area contributed by atoms with Gasteiger partial charge in [-0.1, -0.05) is 16.8 Å². The standard InChI is InChI=1S/C13H14ClN3O5S/c1-7-12(8(2)22-16-7)23(19,20)17-15-13(18)10-6-9(14)4-5-11(10)21-3/h4-6,17H,1-3H3,(H,15,18). The van der Waals surface area contributed by atoms with E-state index in [2.05, 4.69) is 10.6 Å². The SMILES string of the molecule is COc1ccc(Cl)cc1C(=O)NNS(=O)(=O)c1c(C)noc1C. The van der Waals surface area contributed by atoms with Gasteiger partial charge in [0.15, 0.2) is 5.76 Å². The predicted octanol–water partition coefficient (Wildman–Crippen LogP) is 1.58. The molecular weight excluding hydrogens is 346 g/mol. The number of aryl methyl sites for hydroxylation is 2. The number of carbonyl (C=O) groups excluding carboxylic acids is 1. The van der Waals surface area contributed by atoms with Gasteiger partial charge in [-0.15, -0.1) is 4.83 Å². The molecule has 1 aromatic heterocycles. The summed E-state index contributed by atoms with van der Waals surface area (Å²) < 4.78 is 34.3. The fraction of sp³-hybridized carbons (Fsp3) is 0.231. The van der Waals surface area contributed by atoms with Gasteiger partial charge in [-0.3, -0.25) is 10.2 Å². The van der Waals surface area contributed by atoms with Crippen LogP contribution in [0.4, 0.5) is 0 Å². The second-order valence-corrected chi connectivity index (χ2v) is 6.61. The van der Waals surface area contributed by atoms with E-state index in [1.54, 1.807) is 6.07 Å². The van der Waals surface area contributed by atoms with E-state index in [1.807, 2.05) is 4.83 Å². The van der Waals surface area contributed by atoms with Gasteiger partial charge in [-0.2, -0.15) is 0 Å². The number of methoxy groups -OCH3 is 1. The maximum atomic E-state index is 12.2. The van der Waals surface area contributed by atoms with Crippen LogP contribution in [-0.4, -0.2) is 26.6 Å². The number of halogens is 1. The third kappa shape index (κ3) is 3.63. The number of carbonyl (C=O) groups is 1. The Bertz CT molecular complexity index is 828. The lowest BCUT2D eigenvalue weighted by Gasteiger charge is -2.11. The van der Waals surface area contributed by atoms with Gasteiger partial charge in [0.2, 0.25) is 0 Å². The molecule has 1 amide bonds. The van der Waals surface area contributed by atoms with E-state index >= 15 is 0 Å². The summed E-state index contributed by atoms with van der Waals surface area (Å²) in [5, 5.41) is 3.87. The molecule has 0 spiro atoms. The van der Waals surface area contributed by atoms with Gasteiger partial charge in [0.1, 0.15) is 16.3 Å². The number of nitrogens with one attached hydrogen (secondary N) is 2. The van der Waals surface area contributed by atoms with Crippen LogP contribution in [0, 0.1) is 13.8 Å². The second kappa shape index (κ2) is 6.57. The summed E-state index contributed by atoms with van der Waals surface area (Å²) in [4.78, 5) is 14.0. The average Bonchev–Trinajstić information content (AvgIpc) is 2.84. The van der Waals surface area contributed by atoms with Crippen molar-refractivity contribution in [3.05, 3.63) is 40.2 Å². The van der Waals surface area contributed by atoms with Crippen LogP contribution < -0.4 is 15.0 Å². The molecule has 0 saturated carbocycles. The van der Waals surface area contributed by atoms with Crippen molar-refractivity contribution in [1.29, 1.82) is 0 Å². The first-order valence-electron chi connectivity index (χ1n) is 6.35. The molecule has 0 atom stereocenters. The molecule has 1 heterocycles. The summed E-state index contributed by atoms with van der Waals surface area (Å²) in [6.07, 6.45) is 0. The Morgan fingerprint density at radius 3 is 2.61 bits per heavy atom. The quantitative estimate of drug-likeness (QED) is 0.784. The van der Waals surface area contributed by atoms with Gasteiger partial charge >= 0.3 is 0 Å². The van der Waals surface area contributed by atoms with Crippen LogP contribution in [0.25, 0.3) is 0 Å². The largest absolute Gasteiger partial charge is 0.496 e. The Morgan fingerprint density at radius 2 is 2.04 bits per heavy atom. The number of nitrogens with zero attached hydrogens (tertiary/aromatic N) is 1. The first-order valence-corrected chi connectivity index (χ1v) is 8.21. The number of hydrogen-bond acceptors (Lipinski definition) is 6. The number of rotatable bonds is 5. The molecule has 1 aromatic carbocycles. The van der Waals surface area contributed by atoms with Crippen LogP contribution in [0.15, 0.2) is 27.6 Å². The molecule has 8 nitrogen and oxygen atoms in total. The second-order valence-electron chi connectivity index (χ2n) is 4.56. The number of sulfonamides is 1. The zero-order chi connectivity index (χ0) is 17.2. The van der Waals surface area contributed by atoms with E-state index in [4.69, 9.17) is 20.9 Å². The maximum absolute atomic E-state index is 12.2. The van der Waals surface area contributed by atoms with E-state index in [0.29, 0.717) is 5.02 Å². The monoisotopic (exact) mass is 359 g/mol. The Hall–Kier alpha value is -2.10. The molecule has 0 radical (unpaired) electrons. The number of benzene rings is 1. The third-order valence-electron chi connectivity index (χ3n) is 2.94. The molecule has 2 rings (SSSR count). The summed E-state index contributed by atoms with van der Waals surface area (Å²) in [6.45, 7) is 2.93.